The Morgan fingerprint density at radius 3 is 2.70 bits per heavy atom. The Balaban J connectivity index is 1.52. The van der Waals surface area contributed by atoms with Crippen LogP contribution in [0.1, 0.15) is 25.3 Å². The van der Waals surface area contributed by atoms with Gasteiger partial charge in [0.15, 0.2) is 0 Å². The number of nitrogens with zero attached hydrogens (tertiary/aromatic N) is 2. The van der Waals surface area contributed by atoms with Crippen molar-refractivity contribution in [2.45, 2.75) is 32.2 Å². The maximum absolute atomic E-state index is 12.5. The second-order valence-electron chi connectivity index (χ2n) is 5.94. The summed E-state index contributed by atoms with van der Waals surface area (Å²) < 4.78 is 5.01. The molecule has 23 heavy (non-hydrogen) atoms. The fraction of sp³-hybridized carbons (Fsp3) is 0.529. The highest BCUT2D eigenvalue weighted by Gasteiger charge is 2.28. The number of para-hydroxylation sites is 1. The van der Waals surface area contributed by atoms with Crippen LogP contribution in [0, 0.1) is 0 Å². The Bertz CT molecular complexity index is 582. The van der Waals surface area contributed by atoms with Gasteiger partial charge in [0.25, 0.3) is 0 Å². The van der Waals surface area contributed by atoms with Crippen LogP contribution in [-0.2, 0) is 11.2 Å². The number of benzene rings is 1. The van der Waals surface area contributed by atoms with E-state index in [0.717, 1.165) is 31.5 Å². The number of nitrogens with one attached hydrogen (secondary N) is 1. The molecule has 1 saturated heterocycles. The van der Waals surface area contributed by atoms with Gasteiger partial charge in [-0.05, 0) is 37.8 Å². The van der Waals surface area contributed by atoms with Crippen LogP contribution in [0.25, 0.3) is 0 Å². The van der Waals surface area contributed by atoms with Gasteiger partial charge in [0, 0.05) is 31.4 Å². The molecule has 0 unspecified atom stereocenters. The van der Waals surface area contributed by atoms with Gasteiger partial charge in [-0.1, -0.05) is 18.2 Å². The summed E-state index contributed by atoms with van der Waals surface area (Å²) in [6.07, 6.45) is 2.18. The van der Waals surface area contributed by atoms with Crippen LogP contribution in [0.3, 0.4) is 0 Å². The molecule has 0 atom stereocenters. The maximum atomic E-state index is 12.5. The molecule has 2 aliphatic heterocycles. The molecule has 0 aliphatic carbocycles. The molecule has 0 aromatic heterocycles. The monoisotopic (exact) mass is 317 g/mol. The van der Waals surface area contributed by atoms with Crippen LogP contribution in [-0.4, -0.2) is 49.3 Å². The van der Waals surface area contributed by atoms with Crippen molar-refractivity contribution in [3.63, 3.8) is 0 Å². The maximum Gasteiger partial charge on any atom is 0.409 e. The minimum absolute atomic E-state index is 0.0375. The second-order valence-corrected chi connectivity index (χ2v) is 5.94. The predicted molar refractivity (Wildman–Crippen MR) is 87.6 cm³/mol. The molecule has 0 radical (unpaired) electrons. The van der Waals surface area contributed by atoms with Gasteiger partial charge in [-0.3, -0.25) is 4.90 Å². The first kappa shape index (κ1) is 15.6. The molecule has 0 spiro atoms. The third-order valence-corrected chi connectivity index (χ3v) is 4.48. The molecule has 1 aromatic carbocycles. The number of carbonyl (C=O) groups excluding carboxylic acids is 2. The van der Waals surface area contributed by atoms with Crippen molar-refractivity contribution >= 4 is 17.8 Å². The number of amides is 3. The van der Waals surface area contributed by atoms with Crippen LogP contribution < -0.4 is 10.2 Å². The molecule has 0 bridgehead atoms. The molecule has 6 nitrogen and oxygen atoms in total. The number of hydrogen-bond donors (Lipinski definition) is 1. The first-order chi connectivity index (χ1) is 11.2. The highest BCUT2D eigenvalue weighted by Crippen LogP contribution is 2.27. The summed E-state index contributed by atoms with van der Waals surface area (Å²) in [5.41, 5.74) is 2.23. The number of hydrogen-bond acceptors (Lipinski definition) is 3. The van der Waals surface area contributed by atoms with Crippen molar-refractivity contribution in [3.05, 3.63) is 29.8 Å². The molecule has 2 aliphatic rings. The summed E-state index contributed by atoms with van der Waals surface area (Å²) in [6, 6.07) is 8.10. The fourth-order valence-corrected chi connectivity index (χ4v) is 3.22. The Kier molecular flexibility index (Phi) is 4.69. The van der Waals surface area contributed by atoms with E-state index in [2.05, 4.69) is 11.4 Å². The van der Waals surface area contributed by atoms with Crippen LogP contribution >= 0.6 is 0 Å². The van der Waals surface area contributed by atoms with E-state index in [0.29, 0.717) is 19.7 Å². The lowest BCUT2D eigenvalue weighted by Crippen LogP contribution is -2.50. The van der Waals surface area contributed by atoms with E-state index in [4.69, 9.17) is 4.74 Å². The van der Waals surface area contributed by atoms with E-state index in [1.54, 1.807) is 11.8 Å². The van der Waals surface area contributed by atoms with Crippen LogP contribution in [0.2, 0.25) is 0 Å². The molecule has 124 valence electrons. The summed E-state index contributed by atoms with van der Waals surface area (Å²) >= 11 is 0. The molecule has 1 fully saturated rings. The van der Waals surface area contributed by atoms with E-state index >= 15 is 0 Å². The van der Waals surface area contributed by atoms with Crippen molar-refractivity contribution in [2.24, 2.45) is 0 Å². The van der Waals surface area contributed by atoms with Gasteiger partial charge in [0.1, 0.15) is 0 Å². The first-order valence-corrected chi connectivity index (χ1v) is 8.26. The van der Waals surface area contributed by atoms with Crippen molar-refractivity contribution in [1.29, 1.82) is 0 Å². The van der Waals surface area contributed by atoms with E-state index in [1.807, 2.05) is 23.1 Å². The number of urea groups is 1. The van der Waals surface area contributed by atoms with Gasteiger partial charge >= 0.3 is 12.1 Å². The van der Waals surface area contributed by atoms with Gasteiger partial charge in [-0.15, -0.1) is 0 Å². The Morgan fingerprint density at radius 2 is 1.96 bits per heavy atom. The lowest BCUT2D eigenvalue weighted by molar-refractivity contribution is 0.0958. The summed E-state index contributed by atoms with van der Waals surface area (Å²) in [6.45, 7) is 4.18. The molecule has 1 aromatic rings. The van der Waals surface area contributed by atoms with Crippen molar-refractivity contribution in [1.82, 2.24) is 10.2 Å². The molecular formula is C17H23N3O3. The lowest BCUT2D eigenvalue weighted by atomic mass is 10.1. The topological polar surface area (TPSA) is 61.9 Å². The number of carbonyl (C=O) groups is 2. The van der Waals surface area contributed by atoms with E-state index < -0.39 is 0 Å². The molecular weight excluding hydrogens is 294 g/mol. The number of ether oxygens (including phenoxy) is 1. The molecule has 0 saturated carbocycles. The predicted octanol–water partition coefficient (Wildman–Crippen LogP) is 2.38. The average molecular weight is 317 g/mol. The third kappa shape index (κ3) is 3.41. The summed E-state index contributed by atoms with van der Waals surface area (Å²) in [7, 11) is 0. The van der Waals surface area contributed by atoms with E-state index in [-0.39, 0.29) is 18.2 Å². The van der Waals surface area contributed by atoms with Crippen molar-refractivity contribution < 1.29 is 14.3 Å². The normalized spacial score (nSPS) is 17.8. The minimum atomic E-state index is -0.259. The Morgan fingerprint density at radius 1 is 1.22 bits per heavy atom. The van der Waals surface area contributed by atoms with Gasteiger partial charge < -0.3 is 15.0 Å². The number of likely N-dealkylation sites (tertiary alicyclic amines) is 1. The SMILES string of the molecule is CCOC(=O)N1CCC(NC(=O)N2CCc3ccccc32)CC1. The van der Waals surface area contributed by atoms with E-state index in [9.17, 15) is 9.59 Å². The zero-order chi connectivity index (χ0) is 16.2. The van der Waals surface area contributed by atoms with Crippen LogP contribution in [0.4, 0.5) is 15.3 Å². The zero-order valence-electron chi connectivity index (χ0n) is 13.5. The third-order valence-electron chi connectivity index (χ3n) is 4.48. The highest BCUT2D eigenvalue weighted by molar-refractivity contribution is 5.94. The second kappa shape index (κ2) is 6.89. The molecule has 3 amide bonds. The minimum Gasteiger partial charge on any atom is -0.450 e. The van der Waals surface area contributed by atoms with E-state index in [1.165, 1.54) is 5.56 Å². The highest BCUT2D eigenvalue weighted by atomic mass is 16.6. The van der Waals surface area contributed by atoms with Crippen LogP contribution in [0.15, 0.2) is 24.3 Å². The Hall–Kier alpha value is -2.24. The molecule has 3 rings (SSSR count). The number of rotatable bonds is 2. The van der Waals surface area contributed by atoms with Crippen molar-refractivity contribution in [3.8, 4) is 0 Å². The molecule has 6 heteroatoms. The molecule has 2 heterocycles. The quantitative estimate of drug-likeness (QED) is 0.911. The zero-order valence-corrected chi connectivity index (χ0v) is 13.5. The van der Waals surface area contributed by atoms with Crippen LogP contribution in [0.5, 0.6) is 0 Å². The van der Waals surface area contributed by atoms with Gasteiger partial charge in [0.05, 0.1) is 6.61 Å². The van der Waals surface area contributed by atoms with Gasteiger partial charge in [-0.2, -0.15) is 0 Å². The fourth-order valence-electron chi connectivity index (χ4n) is 3.22. The summed E-state index contributed by atoms with van der Waals surface area (Å²) in [5, 5.41) is 3.10. The summed E-state index contributed by atoms with van der Waals surface area (Å²) in [5.74, 6) is 0. The standard InChI is InChI=1S/C17H23N3O3/c1-2-23-17(22)19-10-8-14(9-11-19)18-16(21)20-12-7-13-5-3-4-6-15(13)20/h3-6,14H,2,7-12H2,1H3,(H,18,21). The average Bonchev–Trinajstić information content (AvgIpc) is 3.00. The number of fused-ring (bicyclic) bond motifs is 1. The smallest absolute Gasteiger partial charge is 0.409 e. The lowest BCUT2D eigenvalue weighted by Gasteiger charge is -2.32. The molecule has 1 N–H and O–H groups in total. The number of piperidine rings is 1. The van der Waals surface area contributed by atoms with Crippen molar-refractivity contribution in [2.75, 3.05) is 31.1 Å². The van der Waals surface area contributed by atoms with Gasteiger partial charge in [-0.25, -0.2) is 9.59 Å². The number of anilines is 1. The largest absolute Gasteiger partial charge is 0.450 e. The Labute approximate surface area is 136 Å². The van der Waals surface area contributed by atoms with Gasteiger partial charge in [0.2, 0.25) is 0 Å². The summed E-state index contributed by atoms with van der Waals surface area (Å²) in [4.78, 5) is 27.7. The first-order valence-electron chi connectivity index (χ1n) is 8.26.